The maximum absolute atomic E-state index is 12.8. The summed E-state index contributed by atoms with van der Waals surface area (Å²) in [4.78, 5) is 19.8. The first-order chi connectivity index (χ1) is 7.77. The van der Waals surface area contributed by atoms with E-state index in [9.17, 15) is 27.2 Å². The summed E-state index contributed by atoms with van der Waals surface area (Å²) in [7, 11) is -4.21. The third kappa shape index (κ3) is 2.75. The molecule has 0 saturated carbocycles. The first-order valence-electron chi connectivity index (χ1n) is 4.09. The van der Waals surface area contributed by atoms with E-state index < -0.39 is 37.3 Å². The second kappa shape index (κ2) is 4.45. The molecule has 7 nitrogen and oxygen atoms in total. The Bertz CT molecular complexity index is 582. The van der Waals surface area contributed by atoms with E-state index >= 15 is 0 Å². The zero-order chi connectivity index (χ0) is 13.2. The van der Waals surface area contributed by atoms with Gasteiger partial charge >= 0.3 is 16.2 Å². The van der Waals surface area contributed by atoms with Crippen LogP contribution in [0.25, 0.3) is 0 Å². The molecular formula is C8H6FNO6S. The van der Waals surface area contributed by atoms with Crippen LogP contribution in [0.2, 0.25) is 0 Å². The number of nitro groups is 1. The first kappa shape index (κ1) is 13.0. The van der Waals surface area contributed by atoms with Gasteiger partial charge in [-0.3, -0.25) is 10.1 Å². The lowest BCUT2D eigenvalue weighted by Crippen LogP contribution is -2.08. The Balaban J connectivity index is 3.53. The molecule has 0 bridgehead atoms. The van der Waals surface area contributed by atoms with Gasteiger partial charge in [0.15, 0.2) is 0 Å². The number of esters is 1. The van der Waals surface area contributed by atoms with Crippen molar-refractivity contribution in [1.82, 2.24) is 0 Å². The number of ether oxygens (including phenoxy) is 1. The molecule has 1 rings (SSSR count). The lowest BCUT2D eigenvalue weighted by Gasteiger charge is -2.03. The van der Waals surface area contributed by atoms with Gasteiger partial charge in [-0.2, -0.15) is 8.42 Å². The minimum Gasteiger partial charge on any atom is -0.465 e. The van der Waals surface area contributed by atoms with Crippen LogP contribution in [-0.2, 0) is 15.0 Å². The molecule has 0 heterocycles. The zero-order valence-electron chi connectivity index (χ0n) is 8.41. The van der Waals surface area contributed by atoms with Gasteiger partial charge in [0.1, 0.15) is 4.90 Å². The molecule has 0 spiro atoms. The molecule has 0 aliphatic carbocycles. The second-order valence-electron chi connectivity index (χ2n) is 2.87. The van der Waals surface area contributed by atoms with Crippen molar-refractivity contribution >= 4 is 21.9 Å². The lowest BCUT2D eigenvalue weighted by molar-refractivity contribution is -0.384. The van der Waals surface area contributed by atoms with Gasteiger partial charge in [0.05, 0.1) is 17.6 Å². The van der Waals surface area contributed by atoms with Gasteiger partial charge in [0.25, 0.3) is 5.69 Å². The Hall–Kier alpha value is -2.03. The molecule has 0 radical (unpaired) electrons. The number of carbonyl (C=O) groups is 1. The van der Waals surface area contributed by atoms with Crippen molar-refractivity contribution in [2.24, 2.45) is 0 Å². The topological polar surface area (TPSA) is 104 Å². The van der Waals surface area contributed by atoms with E-state index in [2.05, 4.69) is 4.74 Å². The van der Waals surface area contributed by atoms with Crippen LogP contribution >= 0.6 is 0 Å². The monoisotopic (exact) mass is 263 g/mol. The summed E-state index contributed by atoms with van der Waals surface area (Å²) >= 11 is 0. The smallest absolute Gasteiger partial charge is 0.339 e. The number of nitrogens with zero attached hydrogens (tertiary/aromatic N) is 1. The fraction of sp³-hybridized carbons (Fsp3) is 0.125. The van der Waals surface area contributed by atoms with Crippen LogP contribution < -0.4 is 0 Å². The highest BCUT2D eigenvalue weighted by molar-refractivity contribution is 7.86. The summed E-state index contributed by atoms with van der Waals surface area (Å²) in [5.74, 6) is -1.18. The van der Waals surface area contributed by atoms with E-state index in [4.69, 9.17) is 0 Å². The van der Waals surface area contributed by atoms with Gasteiger partial charge in [-0.25, -0.2) is 4.79 Å². The number of hydrogen-bond acceptors (Lipinski definition) is 6. The van der Waals surface area contributed by atoms with Crippen molar-refractivity contribution in [3.63, 3.8) is 0 Å². The molecule has 0 saturated heterocycles. The highest BCUT2D eigenvalue weighted by Gasteiger charge is 2.25. The number of hydrogen-bond donors (Lipinski definition) is 0. The number of non-ortho nitro benzene ring substituents is 1. The molecule has 0 fully saturated rings. The summed E-state index contributed by atoms with van der Waals surface area (Å²) in [6.07, 6.45) is 0. The second-order valence-corrected chi connectivity index (χ2v) is 4.18. The van der Waals surface area contributed by atoms with Gasteiger partial charge in [-0.1, -0.05) is 0 Å². The van der Waals surface area contributed by atoms with Gasteiger partial charge in [-0.15, -0.1) is 3.89 Å². The van der Waals surface area contributed by atoms with E-state index in [1.807, 2.05) is 0 Å². The first-order valence-corrected chi connectivity index (χ1v) is 5.47. The van der Waals surface area contributed by atoms with Crippen molar-refractivity contribution in [1.29, 1.82) is 0 Å². The summed E-state index contributed by atoms with van der Waals surface area (Å²) in [5.41, 5.74) is -1.26. The largest absolute Gasteiger partial charge is 0.465 e. The molecule has 0 atom stereocenters. The number of carbonyl (C=O) groups excluding carboxylic acids is 1. The van der Waals surface area contributed by atoms with Crippen LogP contribution in [0.5, 0.6) is 0 Å². The van der Waals surface area contributed by atoms with E-state index in [1.54, 1.807) is 0 Å². The van der Waals surface area contributed by atoms with Crippen molar-refractivity contribution in [2.75, 3.05) is 7.11 Å². The van der Waals surface area contributed by atoms with Crippen LogP contribution in [0.3, 0.4) is 0 Å². The molecule has 0 amide bonds. The summed E-state index contributed by atoms with van der Waals surface area (Å²) in [5, 5.41) is 10.4. The molecule has 0 aromatic heterocycles. The normalized spacial score (nSPS) is 10.9. The SMILES string of the molecule is COC(=O)c1cc([N+](=O)[O-])ccc1S(=O)(=O)F. The molecule has 17 heavy (non-hydrogen) atoms. The predicted molar refractivity (Wildman–Crippen MR) is 52.7 cm³/mol. The average Bonchev–Trinajstić information content (AvgIpc) is 2.25. The molecular weight excluding hydrogens is 257 g/mol. The molecule has 0 N–H and O–H groups in total. The fourth-order valence-electron chi connectivity index (χ4n) is 1.11. The molecule has 1 aromatic rings. The fourth-order valence-corrected chi connectivity index (χ4v) is 1.75. The Labute approximate surface area is 95.2 Å². The van der Waals surface area contributed by atoms with Crippen molar-refractivity contribution in [3.05, 3.63) is 33.9 Å². The number of benzene rings is 1. The van der Waals surface area contributed by atoms with Crippen molar-refractivity contribution in [3.8, 4) is 0 Å². The highest BCUT2D eigenvalue weighted by atomic mass is 32.3. The number of nitro benzene ring substituents is 1. The van der Waals surface area contributed by atoms with Gasteiger partial charge in [-0.05, 0) is 6.07 Å². The third-order valence-corrected chi connectivity index (χ3v) is 2.72. The van der Waals surface area contributed by atoms with Gasteiger partial charge < -0.3 is 4.74 Å². The number of rotatable bonds is 3. The average molecular weight is 263 g/mol. The third-order valence-electron chi connectivity index (χ3n) is 1.84. The molecule has 0 aliphatic rings. The zero-order valence-corrected chi connectivity index (χ0v) is 9.23. The maximum Gasteiger partial charge on any atom is 0.339 e. The van der Waals surface area contributed by atoms with Crippen molar-refractivity contribution < 1.29 is 26.8 Å². The van der Waals surface area contributed by atoms with E-state index in [1.165, 1.54) is 0 Å². The molecule has 9 heteroatoms. The Morgan fingerprint density at radius 2 is 2.06 bits per heavy atom. The quantitative estimate of drug-likeness (QED) is 0.349. The summed E-state index contributed by atoms with van der Waals surface area (Å²) in [6, 6.07) is 2.05. The molecule has 0 unspecified atom stereocenters. The van der Waals surface area contributed by atoms with E-state index in [0.717, 1.165) is 13.2 Å². The van der Waals surface area contributed by atoms with Crippen LogP contribution in [0.1, 0.15) is 10.4 Å². The van der Waals surface area contributed by atoms with Crippen molar-refractivity contribution in [2.45, 2.75) is 4.90 Å². The number of halogens is 1. The molecule has 0 aliphatic heterocycles. The Morgan fingerprint density at radius 3 is 2.47 bits per heavy atom. The molecule has 1 aromatic carbocycles. The van der Waals surface area contributed by atoms with Crippen LogP contribution in [-0.4, -0.2) is 26.4 Å². The maximum atomic E-state index is 12.8. The molecule has 92 valence electrons. The van der Waals surface area contributed by atoms with E-state index in [-0.39, 0.29) is 0 Å². The number of methoxy groups -OCH3 is 1. The summed E-state index contributed by atoms with van der Waals surface area (Å²) < 4.78 is 38.4. The predicted octanol–water partition coefficient (Wildman–Crippen LogP) is 1.04. The standard InChI is InChI=1S/C8H6FNO6S/c1-16-8(11)6-4-5(10(12)13)2-3-7(6)17(9,14)15/h2-4H,1H3. The van der Waals surface area contributed by atoms with Crippen LogP contribution in [0, 0.1) is 10.1 Å². The Kier molecular flexibility index (Phi) is 3.42. The minimum absolute atomic E-state index is 0.544. The van der Waals surface area contributed by atoms with Gasteiger partial charge in [0.2, 0.25) is 0 Å². The van der Waals surface area contributed by atoms with E-state index in [0.29, 0.717) is 12.1 Å². The lowest BCUT2D eigenvalue weighted by atomic mass is 10.2. The summed E-state index contributed by atoms with van der Waals surface area (Å²) in [6.45, 7) is 0. The van der Waals surface area contributed by atoms with Crippen LogP contribution in [0.15, 0.2) is 23.1 Å². The minimum atomic E-state index is -5.15. The van der Waals surface area contributed by atoms with Crippen LogP contribution in [0.4, 0.5) is 9.57 Å². The van der Waals surface area contributed by atoms with Gasteiger partial charge in [0, 0.05) is 12.1 Å². The highest BCUT2D eigenvalue weighted by Crippen LogP contribution is 2.23. The Morgan fingerprint density at radius 1 is 1.47 bits per heavy atom.